The summed E-state index contributed by atoms with van der Waals surface area (Å²) in [5.41, 5.74) is 3.29. The Bertz CT molecular complexity index is 1090. The summed E-state index contributed by atoms with van der Waals surface area (Å²) in [6, 6.07) is 7.38. The van der Waals surface area contributed by atoms with Crippen LogP contribution in [0, 0.1) is 0 Å². The Labute approximate surface area is 172 Å². The van der Waals surface area contributed by atoms with Crippen LogP contribution in [0.15, 0.2) is 48.1 Å². The van der Waals surface area contributed by atoms with Crippen LogP contribution in [0.2, 0.25) is 0 Å². The fraction of sp³-hybridized carbons (Fsp3) is 0.318. The van der Waals surface area contributed by atoms with E-state index in [1.54, 1.807) is 11.1 Å². The molecule has 0 aliphatic carbocycles. The monoisotopic (exact) mass is 406 g/mol. The van der Waals surface area contributed by atoms with Crippen LogP contribution < -0.4 is 0 Å². The molecule has 1 saturated heterocycles. The predicted molar refractivity (Wildman–Crippen MR) is 114 cm³/mol. The number of rotatable bonds is 3. The number of thiophene rings is 1. The average molecular weight is 407 g/mol. The van der Waals surface area contributed by atoms with E-state index in [2.05, 4.69) is 22.1 Å². The van der Waals surface area contributed by atoms with Crippen LogP contribution in [-0.4, -0.2) is 57.3 Å². The number of hydrogen-bond acceptors (Lipinski definition) is 4. The summed E-state index contributed by atoms with van der Waals surface area (Å²) in [6.45, 7) is 1.91. The molecule has 29 heavy (non-hydrogen) atoms. The molecule has 3 aromatic heterocycles. The number of fused-ring (bicyclic) bond motifs is 1. The minimum absolute atomic E-state index is 0.0182. The topological polar surface area (TPSA) is 69.3 Å². The normalized spacial score (nSPS) is 19.6. The molecule has 2 amide bonds. The van der Waals surface area contributed by atoms with Crippen LogP contribution in [0.3, 0.4) is 0 Å². The van der Waals surface area contributed by atoms with Crippen molar-refractivity contribution in [3.63, 3.8) is 0 Å². The highest BCUT2D eigenvalue weighted by Gasteiger charge is 2.37. The number of likely N-dealkylation sites (tertiary alicyclic amines) is 1. The van der Waals surface area contributed by atoms with Gasteiger partial charge in [0.1, 0.15) is 11.7 Å². The van der Waals surface area contributed by atoms with Gasteiger partial charge in [-0.25, -0.2) is 4.98 Å². The lowest BCUT2D eigenvalue weighted by Gasteiger charge is -2.32. The predicted octanol–water partition coefficient (Wildman–Crippen LogP) is 3.54. The number of aromatic nitrogens is 2. The second-order valence-corrected chi connectivity index (χ2v) is 8.45. The second kappa shape index (κ2) is 7.48. The number of amides is 2. The largest absolute Gasteiger partial charge is 0.346 e. The molecule has 0 radical (unpaired) electrons. The lowest BCUT2D eigenvalue weighted by Crippen LogP contribution is -2.48. The van der Waals surface area contributed by atoms with Gasteiger partial charge in [-0.2, -0.15) is 0 Å². The summed E-state index contributed by atoms with van der Waals surface area (Å²) < 4.78 is 0. The van der Waals surface area contributed by atoms with E-state index in [-0.39, 0.29) is 17.9 Å². The third kappa shape index (κ3) is 3.25. The maximum absolute atomic E-state index is 13.2. The first-order valence-electron chi connectivity index (χ1n) is 9.97. The van der Waals surface area contributed by atoms with Gasteiger partial charge >= 0.3 is 0 Å². The van der Waals surface area contributed by atoms with Crippen molar-refractivity contribution < 1.29 is 9.59 Å². The molecule has 7 heteroatoms. The van der Waals surface area contributed by atoms with Crippen molar-refractivity contribution in [1.29, 1.82) is 0 Å². The molecule has 2 aliphatic heterocycles. The number of carbonyl (C=O) groups excluding carboxylic acids is 2. The SMILES string of the molecule is O=C([C@@H]1CCCN1C(=O)c1cccs1)N1CC=C(c2c[nH]c3ncccc23)CC1. The van der Waals surface area contributed by atoms with Gasteiger partial charge in [0.05, 0.1) is 4.88 Å². The third-order valence-corrected chi connectivity index (χ3v) is 6.71. The third-order valence-electron chi connectivity index (χ3n) is 5.85. The Balaban J connectivity index is 1.31. The van der Waals surface area contributed by atoms with Crippen molar-refractivity contribution in [2.24, 2.45) is 0 Å². The fourth-order valence-corrected chi connectivity index (χ4v) is 5.03. The number of H-pyrrole nitrogens is 1. The van der Waals surface area contributed by atoms with Crippen molar-refractivity contribution in [1.82, 2.24) is 19.8 Å². The Hall–Kier alpha value is -2.93. The molecule has 0 unspecified atom stereocenters. The standard InChI is InChI=1S/C22H22N4O2S/c27-21(18-5-2-10-26(18)22(28)19-6-3-13-29-19)25-11-7-15(8-12-25)17-14-24-20-16(17)4-1-9-23-20/h1,3-4,6-7,9,13-14,18H,2,5,8,10-12H2,(H,23,24)/t18-/m0/s1. The maximum atomic E-state index is 13.2. The van der Waals surface area contributed by atoms with E-state index < -0.39 is 0 Å². The lowest BCUT2D eigenvalue weighted by atomic mass is 9.99. The highest BCUT2D eigenvalue weighted by atomic mass is 32.1. The van der Waals surface area contributed by atoms with Gasteiger partial charge in [-0.1, -0.05) is 12.1 Å². The van der Waals surface area contributed by atoms with Crippen LogP contribution in [0.25, 0.3) is 16.6 Å². The van der Waals surface area contributed by atoms with Crippen LogP contribution in [-0.2, 0) is 4.79 Å². The number of carbonyl (C=O) groups is 2. The van der Waals surface area contributed by atoms with Crippen LogP contribution in [0.4, 0.5) is 0 Å². The number of hydrogen-bond donors (Lipinski definition) is 1. The van der Waals surface area contributed by atoms with E-state index in [1.807, 2.05) is 34.7 Å². The number of nitrogens with one attached hydrogen (secondary N) is 1. The van der Waals surface area contributed by atoms with Gasteiger partial charge in [-0.3, -0.25) is 9.59 Å². The second-order valence-electron chi connectivity index (χ2n) is 7.50. The Morgan fingerprint density at radius 2 is 2.14 bits per heavy atom. The highest BCUT2D eigenvalue weighted by molar-refractivity contribution is 7.12. The highest BCUT2D eigenvalue weighted by Crippen LogP contribution is 2.30. The molecule has 3 aromatic rings. The van der Waals surface area contributed by atoms with Gasteiger partial charge in [0, 0.05) is 43.0 Å². The molecule has 148 valence electrons. The van der Waals surface area contributed by atoms with Gasteiger partial charge in [0.2, 0.25) is 5.91 Å². The van der Waals surface area contributed by atoms with Gasteiger partial charge in [0.25, 0.3) is 5.91 Å². The molecule has 0 spiro atoms. The van der Waals surface area contributed by atoms with Gasteiger partial charge in [-0.15, -0.1) is 11.3 Å². The van der Waals surface area contributed by atoms with Crippen molar-refractivity contribution >= 4 is 39.8 Å². The number of aromatic amines is 1. The van der Waals surface area contributed by atoms with Crippen LogP contribution in [0.1, 0.15) is 34.5 Å². The molecular formula is C22H22N4O2S. The van der Waals surface area contributed by atoms with E-state index in [0.717, 1.165) is 35.9 Å². The molecule has 0 aromatic carbocycles. The van der Waals surface area contributed by atoms with Crippen molar-refractivity contribution in [3.8, 4) is 0 Å². The summed E-state index contributed by atoms with van der Waals surface area (Å²) in [6.07, 6.45) is 8.35. The zero-order valence-corrected chi connectivity index (χ0v) is 16.8. The zero-order chi connectivity index (χ0) is 19.8. The molecule has 5 rings (SSSR count). The first-order valence-corrected chi connectivity index (χ1v) is 10.8. The van der Waals surface area contributed by atoms with E-state index in [9.17, 15) is 9.59 Å². The molecule has 1 atom stereocenters. The first kappa shape index (κ1) is 18.1. The molecule has 2 aliphatic rings. The minimum atomic E-state index is -0.336. The summed E-state index contributed by atoms with van der Waals surface area (Å²) in [7, 11) is 0. The number of nitrogens with zero attached hydrogens (tertiary/aromatic N) is 3. The summed E-state index contributed by atoms with van der Waals surface area (Å²) >= 11 is 1.43. The lowest BCUT2D eigenvalue weighted by molar-refractivity contribution is -0.134. The zero-order valence-electron chi connectivity index (χ0n) is 16.0. The molecule has 0 bridgehead atoms. The van der Waals surface area contributed by atoms with E-state index in [0.29, 0.717) is 24.5 Å². The maximum Gasteiger partial charge on any atom is 0.264 e. The quantitative estimate of drug-likeness (QED) is 0.723. The molecule has 0 saturated carbocycles. The minimum Gasteiger partial charge on any atom is -0.346 e. The average Bonchev–Trinajstić information content (AvgIpc) is 3.53. The first-order chi connectivity index (χ1) is 14.2. The van der Waals surface area contributed by atoms with E-state index in [1.165, 1.54) is 16.9 Å². The molecular weight excluding hydrogens is 384 g/mol. The van der Waals surface area contributed by atoms with Gasteiger partial charge in [0.15, 0.2) is 0 Å². The molecule has 1 fully saturated rings. The van der Waals surface area contributed by atoms with Crippen LogP contribution >= 0.6 is 11.3 Å². The van der Waals surface area contributed by atoms with E-state index in [4.69, 9.17) is 0 Å². The summed E-state index contributed by atoms with van der Waals surface area (Å²) in [5, 5.41) is 3.01. The molecule has 1 N–H and O–H groups in total. The van der Waals surface area contributed by atoms with E-state index >= 15 is 0 Å². The van der Waals surface area contributed by atoms with Gasteiger partial charge < -0.3 is 14.8 Å². The Kier molecular flexibility index (Phi) is 4.67. The van der Waals surface area contributed by atoms with Crippen LogP contribution in [0.5, 0.6) is 0 Å². The smallest absolute Gasteiger partial charge is 0.264 e. The Morgan fingerprint density at radius 3 is 2.93 bits per heavy atom. The Morgan fingerprint density at radius 1 is 1.21 bits per heavy atom. The molecule has 6 nitrogen and oxygen atoms in total. The van der Waals surface area contributed by atoms with Crippen molar-refractivity contribution in [2.45, 2.75) is 25.3 Å². The number of pyridine rings is 1. The fourth-order valence-electron chi connectivity index (χ4n) is 4.35. The summed E-state index contributed by atoms with van der Waals surface area (Å²) in [5.74, 6) is 0.0543. The summed E-state index contributed by atoms with van der Waals surface area (Å²) in [4.78, 5) is 37.9. The van der Waals surface area contributed by atoms with Gasteiger partial charge in [-0.05, 0) is 48.4 Å². The van der Waals surface area contributed by atoms with Crippen molar-refractivity contribution in [2.75, 3.05) is 19.6 Å². The van der Waals surface area contributed by atoms with Crippen molar-refractivity contribution in [3.05, 3.63) is 58.6 Å². The molecule has 5 heterocycles.